The normalized spacial score (nSPS) is 12.9. The lowest BCUT2D eigenvalue weighted by Gasteiger charge is -2.25. The van der Waals surface area contributed by atoms with Gasteiger partial charge in [-0.05, 0) is 44.5 Å². The summed E-state index contributed by atoms with van der Waals surface area (Å²) < 4.78 is 63.5. The predicted molar refractivity (Wildman–Crippen MR) is 72.8 cm³/mol. The lowest BCUT2D eigenvalue weighted by Crippen LogP contribution is -2.40. The summed E-state index contributed by atoms with van der Waals surface area (Å²) in [5.41, 5.74) is -1.05. The second kappa shape index (κ2) is 6.25. The van der Waals surface area contributed by atoms with Crippen molar-refractivity contribution in [2.75, 3.05) is 6.54 Å². The molecular formula is C13H16F3NO4S. The Balaban J connectivity index is 3.36. The van der Waals surface area contributed by atoms with E-state index in [-0.39, 0.29) is 10.5 Å². The van der Waals surface area contributed by atoms with Crippen molar-refractivity contribution in [1.82, 2.24) is 4.31 Å². The summed E-state index contributed by atoms with van der Waals surface area (Å²) in [7, 11) is -4.20. The molecule has 0 radical (unpaired) electrons. The van der Waals surface area contributed by atoms with Crippen molar-refractivity contribution in [3.63, 3.8) is 0 Å². The van der Waals surface area contributed by atoms with Crippen LogP contribution in [0.5, 0.6) is 0 Å². The highest BCUT2D eigenvalue weighted by Gasteiger charge is 2.34. The van der Waals surface area contributed by atoms with Crippen LogP contribution in [-0.2, 0) is 21.0 Å². The maximum atomic E-state index is 12.6. The van der Waals surface area contributed by atoms with Gasteiger partial charge in [0.15, 0.2) is 0 Å². The molecule has 9 heteroatoms. The molecule has 124 valence electrons. The van der Waals surface area contributed by atoms with Gasteiger partial charge in [-0.3, -0.25) is 4.79 Å². The van der Waals surface area contributed by atoms with Crippen LogP contribution in [0, 0.1) is 6.92 Å². The monoisotopic (exact) mass is 339 g/mol. The minimum Gasteiger partial charge on any atom is -0.480 e. The minimum absolute atomic E-state index is 0.0918. The maximum Gasteiger partial charge on any atom is 0.416 e. The molecule has 1 N–H and O–H groups in total. The summed E-state index contributed by atoms with van der Waals surface area (Å²) >= 11 is 0. The molecular weight excluding hydrogens is 323 g/mol. The molecule has 0 amide bonds. The van der Waals surface area contributed by atoms with Crippen LogP contribution in [0.2, 0.25) is 0 Å². The summed E-state index contributed by atoms with van der Waals surface area (Å²) in [5, 5.41) is 8.81. The summed E-state index contributed by atoms with van der Waals surface area (Å²) in [4.78, 5) is 10.5. The molecule has 0 aliphatic carbocycles. The van der Waals surface area contributed by atoms with E-state index in [1.807, 2.05) is 0 Å². The number of carboxylic acid groups (broad SMARTS) is 1. The number of hydrogen-bond donors (Lipinski definition) is 1. The highest BCUT2D eigenvalue weighted by molar-refractivity contribution is 7.89. The first-order valence-corrected chi connectivity index (χ1v) is 7.73. The van der Waals surface area contributed by atoms with Crippen LogP contribution in [0.15, 0.2) is 23.1 Å². The predicted octanol–water partition coefficient (Wildman–Crippen LogP) is 2.50. The van der Waals surface area contributed by atoms with E-state index in [0.717, 1.165) is 16.4 Å². The van der Waals surface area contributed by atoms with Gasteiger partial charge >= 0.3 is 12.1 Å². The van der Waals surface area contributed by atoms with E-state index in [0.29, 0.717) is 6.07 Å². The number of benzene rings is 1. The average molecular weight is 339 g/mol. The molecule has 1 aromatic rings. The number of halogens is 3. The summed E-state index contributed by atoms with van der Waals surface area (Å²) in [6.45, 7) is 3.45. The molecule has 0 atom stereocenters. The number of nitrogens with zero attached hydrogens (tertiary/aromatic N) is 1. The molecule has 0 saturated carbocycles. The molecule has 0 fully saturated rings. The molecule has 0 aliphatic heterocycles. The van der Waals surface area contributed by atoms with Crippen molar-refractivity contribution in [2.45, 2.75) is 37.9 Å². The average Bonchev–Trinajstić information content (AvgIpc) is 2.33. The molecule has 0 heterocycles. The van der Waals surface area contributed by atoms with Crippen molar-refractivity contribution in [3.8, 4) is 0 Å². The molecule has 5 nitrogen and oxygen atoms in total. The number of rotatable bonds is 5. The van der Waals surface area contributed by atoms with Crippen molar-refractivity contribution in [3.05, 3.63) is 29.3 Å². The summed E-state index contributed by atoms with van der Waals surface area (Å²) in [6.07, 6.45) is -4.58. The van der Waals surface area contributed by atoms with E-state index in [2.05, 4.69) is 0 Å². The molecule has 22 heavy (non-hydrogen) atoms. The Kier molecular flexibility index (Phi) is 5.24. The van der Waals surface area contributed by atoms with Crippen molar-refractivity contribution < 1.29 is 31.5 Å². The first kappa shape index (κ1) is 18.4. The Bertz CT molecular complexity index is 668. The number of alkyl halides is 3. The number of carboxylic acids is 1. The molecule has 0 saturated heterocycles. The molecule has 0 unspecified atom stereocenters. The largest absolute Gasteiger partial charge is 0.480 e. The van der Waals surface area contributed by atoms with Crippen LogP contribution >= 0.6 is 0 Å². The Labute approximate surface area is 126 Å². The summed E-state index contributed by atoms with van der Waals surface area (Å²) in [5.74, 6) is -1.35. The number of hydrogen-bond acceptors (Lipinski definition) is 3. The maximum absolute atomic E-state index is 12.6. The molecule has 0 bridgehead atoms. The second-order valence-corrected chi connectivity index (χ2v) is 6.87. The topological polar surface area (TPSA) is 74.7 Å². The fourth-order valence-electron chi connectivity index (χ4n) is 1.92. The van der Waals surface area contributed by atoms with E-state index in [1.54, 1.807) is 0 Å². The van der Waals surface area contributed by atoms with Crippen molar-refractivity contribution in [1.29, 1.82) is 0 Å². The van der Waals surface area contributed by atoms with Gasteiger partial charge in [-0.1, -0.05) is 0 Å². The highest BCUT2D eigenvalue weighted by atomic mass is 32.2. The van der Waals surface area contributed by atoms with E-state index in [1.165, 1.54) is 20.8 Å². The molecule has 1 rings (SSSR count). The van der Waals surface area contributed by atoms with Crippen LogP contribution in [0.3, 0.4) is 0 Å². The number of sulfonamides is 1. The third-order valence-electron chi connectivity index (χ3n) is 2.96. The SMILES string of the molecule is Cc1cc(C(F)(F)F)ccc1S(=O)(=O)N(CC(=O)O)C(C)C. The number of aliphatic carboxylic acids is 1. The molecule has 0 aromatic heterocycles. The van der Waals surface area contributed by atoms with Gasteiger partial charge in [-0.15, -0.1) is 0 Å². The number of carbonyl (C=O) groups is 1. The van der Waals surface area contributed by atoms with Gasteiger partial charge in [-0.2, -0.15) is 17.5 Å². The van der Waals surface area contributed by atoms with Gasteiger partial charge in [-0.25, -0.2) is 8.42 Å². The minimum atomic E-state index is -4.58. The van der Waals surface area contributed by atoms with Crippen molar-refractivity contribution in [2.24, 2.45) is 0 Å². The fourth-order valence-corrected chi connectivity index (χ4v) is 3.71. The zero-order valence-electron chi connectivity index (χ0n) is 12.2. The van der Waals surface area contributed by atoms with E-state index in [4.69, 9.17) is 5.11 Å². The van der Waals surface area contributed by atoms with Gasteiger partial charge in [0.1, 0.15) is 6.54 Å². The first-order valence-electron chi connectivity index (χ1n) is 6.29. The Morgan fingerprint density at radius 3 is 2.23 bits per heavy atom. The molecule has 0 aliphatic rings. The van der Waals surface area contributed by atoms with Gasteiger partial charge in [0.25, 0.3) is 0 Å². The van der Waals surface area contributed by atoms with Gasteiger partial charge in [0.2, 0.25) is 10.0 Å². The Morgan fingerprint density at radius 2 is 1.86 bits per heavy atom. The van der Waals surface area contributed by atoms with Gasteiger partial charge in [0, 0.05) is 6.04 Å². The third-order valence-corrected chi connectivity index (χ3v) is 5.14. The van der Waals surface area contributed by atoms with E-state index in [9.17, 15) is 26.4 Å². The summed E-state index contributed by atoms with van der Waals surface area (Å²) in [6, 6.07) is 1.60. The van der Waals surface area contributed by atoms with E-state index >= 15 is 0 Å². The van der Waals surface area contributed by atoms with Crippen LogP contribution in [0.1, 0.15) is 25.0 Å². The zero-order valence-corrected chi connectivity index (χ0v) is 13.0. The Morgan fingerprint density at radius 1 is 1.32 bits per heavy atom. The molecule has 1 aromatic carbocycles. The van der Waals surface area contributed by atoms with Crippen LogP contribution in [-0.4, -0.2) is 36.4 Å². The van der Waals surface area contributed by atoms with Crippen LogP contribution < -0.4 is 0 Å². The van der Waals surface area contributed by atoms with Gasteiger partial charge in [0.05, 0.1) is 10.5 Å². The highest BCUT2D eigenvalue weighted by Crippen LogP contribution is 2.32. The van der Waals surface area contributed by atoms with E-state index < -0.39 is 40.3 Å². The molecule has 0 spiro atoms. The quantitative estimate of drug-likeness (QED) is 0.894. The van der Waals surface area contributed by atoms with Gasteiger partial charge < -0.3 is 5.11 Å². The smallest absolute Gasteiger partial charge is 0.416 e. The third kappa shape index (κ3) is 3.98. The lowest BCUT2D eigenvalue weighted by atomic mass is 10.1. The Hall–Kier alpha value is -1.61. The second-order valence-electron chi connectivity index (χ2n) is 5.02. The van der Waals surface area contributed by atoms with Crippen LogP contribution in [0.4, 0.5) is 13.2 Å². The first-order chi connectivity index (χ1) is 9.87. The zero-order chi connectivity index (χ0) is 17.3. The lowest BCUT2D eigenvalue weighted by molar-refractivity contribution is -0.138. The fraction of sp³-hybridized carbons (Fsp3) is 0.462. The van der Waals surface area contributed by atoms with Crippen LogP contribution in [0.25, 0.3) is 0 Å². The van der Waals surface area contributed by atoms with Crippen molar-refractivity contribution >= 4 is 16.0 Å². The number of aryl methyl sites for hydroxylation is 1. The standard InChI is InChI=1S/C13H16F3NO4S/c1-8(2)17(7-12(18)19)22(20,21)11-5-4-10(6-9(11)3)13(14,15)16/h4-6,8H,7H2,1-3H3,(H,18,19).